The lowest BCUT2D eigenvalue weighted by atomic mass is 9.66. The molecule has 1 saturated heterocycles. The Morgan fingerprint density at radius 3 is 2.47 bits per heavy atom. The van der Waals surface area contributed by atoms with Gasteiger partial charge < -0.3 is 15.1 Å². The Morgan fingerprint density at radius 2 is 1.76 bits per heavy atom. The molecule has 1 N–H and O–H groups in total. The summed E-state index contributed by atoms with van der Waals surface area (Å²) in [6, 6.07) is 17.9. The van der Waals surface area contributed by atoms with E-state index in [4.69, 9.17) is 0 Å². The number of amides is 1. The van der Waals surface area contributed by atoms with Crippen LogP contribution < -0.4 is 5.32 Å². The van der Waals surface area contributed by atoms with Gasteiger partial charge in [0.05, 0.1) is 0 Å². The molecule has 2 aliphatic rings. The smallest absolute Gasteiger partial charge is 0.223 e. The monoisotopic (exact) mass is 465 g/mol. The molecule has 2 fully saturated rings. The number of likely N-dealkylation sites (tertiary alicyclic amines) is 1. The van der Waals surface area contributed by atoms with Crippen molar-refractivity contribution in [3.8, 4) is 0 Å². The first kappa shape index (κ1) is 24.9. The number of carbonyl (C=O) groups is 1. The molecule has 5 heteroatoms. The van der Waals surface area contributed by atoms with Gasteiger partial charge in [0, 0.05) is 31.0 Å². The van der Waals surface area contributed by atoms with Gasteiger partial charge in [0.25, 0.3) is 0 Å². The summed E-state index contributed by atoms with van der Waals surface area (Å²) in [5.74, 6) is 0.621. The predicted molar refractivity (Wildman–Crippen MR) is 136 cm³/mol. The van der Waals surface area contributed by atoms with Crippen LogP contribution in [0.4, 0.5) is 4.39 Å². The zero-order valence-corrected chi connectivity index (χ0v) is 20.8. The number of nitrogens with one attached hydrogen (secondary N) is 1. The van der Waals surface area contributed by atoms with Crippen molar-refractivity contribution in [3.05, 3.63) is 71.5 Å². The van der Waals surface area contributed by atoms with Gasteiger partial charge in [-0.2, -0.15) is 0 Å². The van der Waals surface area contributed by atoms with Gasteiger partial charge in [-0.15, -0.1) is 0 Å². The van der Waals surface area contributed by atoms with Crippen molar-refractivity contribution in [1.29, 1.82) is 0 Å². The Balaban J connectivity index is 1.53. The highest BCUT2D eigenvalue weighted by molar-refractivity contribution is 5.79. The molecular formula is C29H40FN3O. The van der Waals surface area contributed by atoms with Gasteiger partial charge in [-0.25, -0.2) is 4.39 Å². The maximum Gasteiger partial charge on any atom is 0.223 e. The number of benzene rings is 2. The second-order valence-corrected chi connectivity index (χ2v) is 9.89. The minimum Gasteiger partial charge on any atom is -0.335 e. The number of piperidine rings is 1. The van der Waals surface area contributed by atoms with Crippen LogP contribution in [0.2, 0.25) is 0 Å². The molecule has 34 heavy (non-hydrogen) atoms. The summed E-state index contributed by atoms with van der Waals surface area (Å²) in [4.78, 5) is 18.0. The molecule has 0 unspecified atom stereocenters. The Labute approximate surface area is 204 Å². The van der Waals surface area contributed by atoms with E-state index >= 15 is 0 Å². The topological polar surface area (TPSA) is 35.6 Å². The molecule has 1 amide bonds. The molecular weight excluding hydrogens is 425 g/mol. The van der Waals surface area contributed by atoms with Crippen LogP contribution >= 0.6 is 0 Å². The molecule has 4 atom stereocenters. The van der Waals surface area contributed by atoms with E-state index in [9.17, 15) is 9.18 Å². The van der Waals surface area contributed by atoms with Crippen molar-refractivity contribution in [2.45, 2.75) is 70.5 Å². The minimum absolute atomic E-state index is 0.213. The van der Waals surface area contributed by atoms with Crippen LogP contribution in [0.15, 0.2) is 54.6 Å². The van der Waals surface area contributed by atoms with Crippen molar-refractivity contribution in [3.63, 3.8) is 0 Å². The lowest BCUT2D eigenvalue weighted by Crippen LogP contribution is -2.59. The van der Waals surface area contributed by atoms with E-state index in [0.717, 1.165) is 57.4 Å². The molecule has 1 saturated carbocycles. The first-order valence-corrected chi connectivity index (χ1v) is 13.1. The molecule has 184 valence electrons. The van der Waals surface area contributed by atoms with Crippen molar-refractivity contribution in [2.75, 3.05) is 26.2 Å². The van der Waals surface area contributed by atoms with Crippen molar-refractivity contribution in [2.24, 2.45) is 5.92 Å². The van der Waals surface area contributed by atoms with Gasteiger partial charge in [0.15, 0.2) is 0 Å². The molecule has 0 radical (unpaired) electrons. The van der Waals surface area contributed by atoms with Crippen LogP contribution in [0, 0.1) is 11.7 Å². The van der Waals surface area contributed by atoms with E-state index in [-0.39, 0.29) is 23.7 Å². The van der Waals surface area contributed by atoms with Crippen LogP contribution in [0.1, 0.15) is 63.0 Å². The number of fused-ring (bicyclic) bond motifs is 1. The van der Waals surface area contributed by atoms with E-state index in [2.05, 4.69) is 59.3 Å². The second-order valence-electron chi connectivity index (χ2n) is 9.89. The number of hydrogen-bond donors (Lipinski definition) is 1. The molecule has 1 heterocycles. The summed E-state index contributed by atoms with van der Waals surface area (Å²) >= 11 is 0. The predicted octanol–water partition coefficient (Wildman–Crippen LogP) is 5.20. The Kier molecular flexibility index (Phi) is 8.74. The largest absolute Gasteiger partial charge is 0.335 e. The third-order valence-corrected chi connectivity index (χ3v) is 7.95. The molecule has 2 aromatic carbocycles. The first-order chi connectivity index (χ1) is 16.6. The number of carbonyl (C=O) groups excluding carboxylic acids is 1. The summed E-state index contributed by atoms with van der Waals surface area (Å²) in [5.41, 5.74) is 2.28. The number of rotatable bonds is 10. The van der Waals surface area contributed by atoms with E-state index in [1.165, 1.54) is 17.7 Å². The summed E-state index contributed by atoms with van der Waals surface area (Å²) in [6.07, 6.45) is 5.02. The highest BCUT2D eigenvalue weighted by atomic mass is 19.1. The van der Waals surface area contributed by atoms with Gasteiger partial charge >= 0.3 is 0 Å². The minimum atomic E-state index is -0.234. The maximum absolute atomic E-state index is 13.5. The highest BCUT2D eigenvalue weighted by Crippen LogP contribution is 2.45. The molecule has 0 aromatic heterocycles. The third kappa shape index (κ3) is 5.87. The second kappa shape index (κ2) is 11.9. The number of halogens is 1. The SMILES string of the molecule is CCN(CC)CCCN[C@H]1CCC[C@@H]2[C@H]1[C@@H](c1ccccc1)CC(=O)N2Cc1ccc(F)cc1. The molecule has 1 aliphatic heterocycles. The maximum atomic E-state index is 13.5. The zero-order chi connectivity index (χ0) is 23.9. The lowest BCUT2D eigenvalue weighted by molar-refractivity contribution is -0.143. The number of hydrogen-bond acceptors (Lipinski definition) is 3. The summed E-state index contributed by atoms with van der Waals surface area (Å²) in [7, 11) is 0. The molecule has 4 nitrogen and oxygen atoms in total. The average molecular weight is 466 g/mol. The van der Waals surface area contributed by atoms with Crippen LogP contribution in [0.25, 0.3) is 0 Å². The zero-order valence-electron chi connectivity index (χ0n) is 20.8. The van der Waals surface area contributed by atoms with E-state index in [1.807, 2.05) is 12.1 Å². The normalized spacial score (nSPS) is 24.9. The van der Waals surface area contributed by atoms with Crippen molar-refractivity contribution >= 4 is 5.91 Å². The Hall–Kier alpha value is -2.24. The fourth-order valence-electron chi connectivity index (χ4n) is 6.14. The van der Waals surface area contributed by atoms with Gasteiger partial charge in [0.2, 0.25) is 5.91 Å². The lowest BCUT2D eigenvalue weighted by Gasteiger charge is -2.51. The van der Waals surface area contributed by atoms with Crippen LogP contribution in [0.5, 0.6) is 0 Å². The molecule has 1 aliphatic carbocycles. The third-order valence-electron chi connectivity index (χ3n) is 7.95. The van der Waals surface area contributed by atoms with E-state index in [1.54, 1.807) is 0 Å². The fraction of sp³-hybridized carbons (Fsp3) is 0.552. The Morgan fingerprint density at radius 1 is 1.03 bits per heavy atom. The van der Waals surface area contributed by atoms with Crippen molar-refractivity contribution < 1.29 is 9.18 Å². The van der Waals surface area contributed by atoms with Crippen LogP contribution in [-0.2, 0) is 11.3 Å². The quantitative estimate of drug-likeness (QED) is 0.490. The van der Waals surface area contributed by atoms with Crippen molar-refractivity contribution in [1.82, 2.24) is 15.1 Å². The standard InChI is InChI=1S/C29H40FN3O/c1-3-32(4-2)19-9-18-31-26-12-8-13-27-29(26)25(23-10-6-5-7-11-23)20-28(34)33(27)21-22-14-16-24(30)17-15-22/h5-7,10-11,14-17,25-27,29,31H,3-4,8-9,12-13,18-21H2,1-2H3/t25-,26+,27-,29+/m1/s1. The summed E-state index contributed by atoms with van der Waals surface area (Å²) < 4.78 is 13.5. The van der Waals surface area contributed by atoms with Gasteiger partial charge in [-0.3, -0.25) is 4.79 Å². The fourth-order valence-corrected chi connectivity index (χ4v) is 6.14. The van der Waals surface area contributed by atoms with Gasteiger partial charge in [-0.05, 0) is 81.0 Å². The van der Waals surface area contributed by atoms with E-state index < -0.39 is 0 Å². The van der Waals surface area contributed by atoms with E-state index in [0.29, 0.717) is 24.9 Å². The molecule has 4 rings (SSSR count). The Bertz CT molecular complexity index is 899. The highest BCUT2D eigenvalue weighted by Gasteiger charge is 2.47. The molecule has 2 aromatic rings. The average Bonchev–Trinajstić information content (AvgIpc) is 2.87. The number of nitrogens with zero attached hydrogens (tertiary/aromatic N) is 2. The summed E-state index contributed by atoms with van der Waals surface area (Å²) in [6.45, 7) is 9.35. The van der Waals surface area contributed by atoms with Gasteiger partial charge in [-0.1, -0.05) is 56.3 Å². The summed E-state index contributed by atoms with van der Waals surface area (Å²) in [5, 5.41) is 3.92. The van der Waals surface area contributed by atoms with Crippen LogP contribution in [0.3, 0.4) is 0 Å². The van der Waals surface area contributed by atoms with Crippen LogP contribution in [-0.4, -0.2) is 54.0 Å². The van der Waals surface area contributed by atoms with Gasteiger partial charge in [0.1, 0.15) is 5.82 Å². The molecule has 0 spiro atoms. The molecule has 0 bridgehead atoms. The first-order valence-electron chi connectivity index (χ1n) is 13.1.